The van der Waals surface area contributed by atoms with E-state index >= 15 is 0 Å². The Kier molecular flexibility index (Phi) is 5.49. The van der Waals surface area contributed by atoms with E-state index < -0.39 is 23.2 Å². The van der Waals surface area contributed by atoms with E-state index in [0.717, 1.165) is 16.9 Å². The number of benzene rings is 2. The summed E-state index contributed by atoms with van der Waals surface area (Å²) in [4.78, 5) is 41.9. The minimum atomic E-state index is -0.650. The summed E-state index contributed by atoms with van der Waals surface area (Å²) in [5.74, 6) is -1.74. The van der Waals surface area contributed by atoms with Gasteiger partial charge in [-0.3, -0.25) is 19.5 Å². The number of pyridine rings is 1. The first-order valence-electron chi connectivity index (χ1n) is 11.2. The molecule has 35 heavy (non-hydrogen) atoms. The summed E-state index contributed by atoms with van der Waals surface area (Å²) in [6.45, 7) is 3.70. The van der Waals surface area contributed by atoms with Crippen molar-refractivity contribution in [2.45, 2.75) is 20.3 Å². The van der Waals surface area contributed by atoms with Gasteiger partial charge >= 0.3 is 5.91 Å². The number of nitrogens with one attached hydrogen (secondary N) is 1. The third-order valence-electron chi connectivity index (χ3n) is 6.04. The van der Waals surface area contributed by atoms with Gasteiger partial charge < -0.3 is 0 Å². The molecule has 0 fully saturated rings. The van der Waals surface area contributed by atoms with Crippen LogP contribution in [0.4, 0.5) is 10.1 Å². The van der Waals surface area contributed by atoms with Crippen LogP contribution in [-0.4, -0.2) is 21.6 Å². The largest absolute Gasteiger partial charge is 0.331 e. The molecule has 1 aliphatic rings. The van der Waals surface area contributed by atoms with E-state index in [1.54, 1.807) is 48.1 Å². The van der Waals surface area contributed by atoms with Crippen molar-refractivity contribution in [1.82, 2.24) is 9.78 Å². The topological polar surface area (TPSA) is 79.1 Å². The fourth-order valence-corrected chi connectivity index (χ4v) is 4.25. The number of halogens is 1. The molecule has 2 aromatic carbocycles. The van der Waals surface area contributed by atoms with Crippen LogP contribution in [0.25, 0.3) is 17.0 Å². The Labute approximate surface area is 200 Å². The maximum Gasteiger partial charge on any atom is 0.331 e. The van der Waals surface area contributed by atoms with Gasteiger partial charge in [0.05, 0.1) is 16.9 Å². The van der Waals surface area contributed by atoms with Crippen molar-refractivity contribution >= 4 is 28.8 Å². The average molecular weight is 469 g/mol. The number of hydrogen-bond acceptors (Lipinski definition) is 3. The van der Waals surface area contributed by atoms with Crippen LogP contribution in [-0.2, 0) is 16.0 Å². The van der Waals surface area contributed by atoms with Gasteiger partial charge in [0.15, 0.2) is 12.4 Å². The summed E-state index contributed by atoms with van der Waals surface area (Å²) in [6, 6.07) is 17.8. The van der Waals surface area contributed by atoms with Gasteiger partial charge in [-0.25, -0.2) is 14.0 Å². The highest BCUT2D eigenvalue weighted by atomic mass is 19.1. The molecular formula is C27H22FN4O3+. The lowest BCUT2D eigenvalue weighted by atomic mass is 10.1. The summed E-state index contributed by atoms with van der Waals surface area (Å²) >= 11 is 0. The van der Waals surface area contributed by atoms with Gasteiger partial charge in [-0.1, -0.05) is 25.1 Å². The van der Waals surface area contributed by atoms with Gasteiger partial charge in [0.2, 0.25) is 0 Å². The van der Waals surface area contributed by atoms with Gasteiger partial charge in [-0.2, -0.15) is 4.57 Å². The number of aryl methyl sites for hydroxylation is 2. The first kappa shape index (κ1) is 22.2. The second-order valence-corrected chi connectivity index (χ2v) is 8.20. The molecule has 5 rings (SSSR count). The predicted molar refractivity (Wildman–Crippen MR) is 129 cm³/mol. The Morgan fingerprint density at radius 3 is 2.14 bits per heavy atom. The van der Waals surface area contributed by atoms with Crippen LogP contribution in [0.5, 0.6) is 0 Å². The smallest absolute Gasteiger partial charge is 0.295 e. The van der Waals surface area contributed by atoms with Gasteiger partial charge in [0, 0.05) is 17.8 Å². The quantitative estimate of drug-likeness (QED) is 0.359. The highest BCUT2D eigenvalue weighted by Gasteiger charge is 2.48. The lowest BCUT2D eigenvalue weighted by Crippen LogP contribution is -2.39. The number of nitrogens with zero attached hydrogens (tertiary/aromatic N) is 3. The molecule has 0 unspecified atom stereocenters. The van der Waals surface area contributed by atoms with Gasteiger partial charge in [-0.15, -0.1) is 0 Å². The zero-order chi connectivity index (χ0) is 24.7. The molecule has 1 aliphatic heterocycles. The van der Waals surface area contributed by atoms with Crippen LogP contribution in [0, 0.1) is 12.7 Å². The normalized spacial score (nSPS) is 13.7. The van der Waals surface area contributed by atoms with Crippen molar-refractivity contribution < 1.29 is 18.5 Å². The number of anilines is 1. The molecule has 1 N–H and O–H groups in total. The summed E-state index contributed by atoms with van der Waals surface area (Å²) < 4.78 is 16.4. The van der Waals surface area contributed by atoms with Crippen molar-refractivity contribution in [3.8, 4) is 5.69 Å². The molecule has 4 aromatic rings. The minimum absolute atomic E-state index is 0.0120. The minimum Gasteiger partial charge on any atom is -0.295 e. The molecule has 8 heteroatoms. The Hall–Kier alpha value is -4.59. The standard InChI is InChI=1S/C27H21FN4O3/c1-3-18-13-15-30(16-14-18)24-23(25(33)31(27(24)35)20-11-9-19(28)10-12-20)22-17(2)29-32(26(22)34)21-7-5-4-6-8-21/h4-16H,3H2,1-2H3/p+1. The molecule has 7 nitrogen and oxygen atoms in total. The SMILES string of the molecule is CCc1cc[n+](C2=C(c3c(C)[nH]n(-c4ccccc4)c3=O)C(=O)N(c3ccc(F)cc3)C2=O)cc1. The summed E-state index contributed by atoms with van der Waals surface area (Å²) in [6.07, 6.45) is 4.20. The molecule has 174 valence electrons. The van der Waals surface area contributed by atoms with E-state index in [-0.39, 0.29) is 22.5 Å². The molecule has 0 atom stereocenters. The van der Waals surface area contributed by atoms with E-state index in [0.29, 0.717) is 11.4 Å². The van der Waals surface area contributed by atoms with E-state index in [1.165, 1.54) is 28.9 Å². The van der Waals surface area contributed by atoms with E-state index in [1.807, 2.05) is 25.1 Å². The van der Waals surface area contributed by atoms with Crippen molar-refractivity contribution in [2.24, 2.45) is 0 Å². The second kappa shape index (κ2) is 8.64. The molecule has 0 saturated carbocycles. The first-order chi connectivity index (χ1) is 16.9. The third kappa shape index (κ3) is 3.69. The zero-order valence-corrected chi connectivity index (χ0v) is 19.2. The fraction of sp³-hybridized carbons (Fsp3) is 0.111. The molecule has 2 amide bonds. The summed E-state index contributed by atoms with van der Waals surface area (Å²) in [7, 11) is 0. The first-order valence-corrected chi connectivity index (χ1v) is 11.2. The molecule has 3 heterocycles. The molecule has 2 aromatic heterocycles. The van der Waals surface area contributed by atoms with E-state index in [2.05, 4.69) is 5.10 Å². The van der Waals surface area contributed by atoms with Crippen molar-refractivity contribution in [3.05, 3.63) is 112 Å². The number of H-pyrrole nitrogens is 1. The number of carbonyl (C=O) groups excluding carboxylic acids is 2. The highest BCUT2D eigenvalue weighted by Crippen LogP contribution is 2.33. The Morgan fingerprint density at radius 2 is 1.51 bits per heavy atom. The monoisotopic (exact) mass is 469 g/mol. The molecule has 0 aliphatic carbocycles. The number of aromatic nitrogens is 3. The molecule has 0 spiro atoms. The lowest BCUT2D eigenvalue weighted by molar-refractivity contribution is -0.576. The Bertz CT molecular complexity index is 1530. The van der Waals surface area contributed by atoms with Gasteiger partial charge in [-0.05, 0) is 55.3 Å². The lowest BCUT2D eigenvalue weighted by Gasteiger charge is -2.13. The molecule has 0 bridgehead atoms. The van der Waals surface area contributed by atoms with E-state index in [4.69, 9.17) is 0 Å². The number of hydrogen-bond donors (Lipinski definition) is 1. The number of imide groups is 1. The third-order valence-corrected chi connectivity index (χ3v) is 6.04. The van der Waals surface area contributed by atoms with Crippen molar-refractivity contribution in [1.29, 1.82) is 0 Å². The van der Waals surface area contributed by atoms with Crippen LogP contribution in [0.15, 0.2) is 83.9 Å². The van der Waals surface area contributed by atoms with Crippen molar-refractivity contribution in [2.75, 3.05) is 4.90 Å². The van der Waals surface area contributed by atoms with Crippen LogP contribution in [0.3, 0.4) is 0 Å². The summed E-state index contributed by atoms with van der Waals surface area (Å²) in [5.41, 5.74) is 2.02. The number of amides is 2. The fourth-order valence-electron chi connectivity index (χ4n) is 4.25. The number of rotatable bonds is 5. The van der Waals surface area contributed by atoms with E-state index in [9.17, 15) is 18.8 Å². The second-order valence-electron chi connectivity index (χ2n) is 8.20. The number of aromatic amines is 1. The van der Waals surface area contributed by atoms with Crippen LogP contribution in [0.1, 0.15) is 23.7 Å². The highest BCUT2D eigenvalue weighted by molar-refractivity contribution is 6.53. The van der Waals surface area contributed by atoms with Crippen molar-refractivity contribution in [3.63, 3.8) is 0 Å². The Balaban J connectivity index is 1.74. The van der Waals surface area contributed by atoms with Crippen LogP contribution in [0.2, 0.25) is 0 Å². The molecular weight excluding hydrogens is 447 g/mol. The maximum atomic E-state index is 13.7. The average Bonchev–Trinajstić information content (AvgIpc) is 3.31. The van der Waals surface area contributed by atoms with Gasteiger partial charge in [0.25, 0.3) is 17.2 Å². The molecule has 0 radical (unpaired) electrons. The number of para-hydroxylation sites is 1. The van der Waals surface area contributed by atoms with Crippen LogP contribution >= 0.6 is 0 Å². The maximum absolute atomic E-state index is 13.7. The zero-order valence-electron chi connectivity index (χ0n) is 19.2. The number of carbonyl (C=O) groups is 2. The predicted octanol–water partition coefficient (Wildman–Crippen LogP) is 3.40. The Morgan fingerprint density at radius 1 is 0.857 bits per heavy atom. The summed E-state index contributed by atoms with van der Waals surface area (Å²) in [5, 5.41) is 3.02. The molecule has 0 saturated heterocycles. The van der Waals surface area contributed by atoms with Gasteiger partial charge in [0.1, 0.15) is 11.4 Å². The van der Waals surface area contributed by atoms with Crippen LogP contribution < -0.4 is 15.0 Å².